The topological polar surface area (TPSA) is 43.8 Å². The van der Waals surface area contributed by atoms with Crippen LogP contribution < -0.4 is 5.73 Å². The molecule has 1 aromatic carbocycles. The smallest absolute Gasteiger partial charge is 0.201 e. The standard InChI is InChI=1S/C13H19N3/c1-3-4-5-9-16-12-10(2)7-6-8-11(12)15-13(16)14/h6-8H,3-5,9H2,1-2H3,(H2,14,15). The molecular formula is C13H19N3. The maximum absolute atomic E-state index is 5.96. The lowest BCUT2D eigenvalue weighted by molar-refractivity contribution is 0.618. The van der Waals surface area contributed by atoms with Gasteiger partial charge in [0.25, 0.3) is 0 Å². The third kappa shape index (κ3) is 1.90. The van der Waals surface area contributed by atoms with Gasteiger partial charge in [-0.2, -0.15) is 0 Å². The van der Waals surface area contributed by atoms with E-state index in [0.717, 1.165) is 12.1 Å². The molecule has 0 aliphatic heterocycles. The first kappa shape index (κ1) is 11.0. The van der Waals surface area contributed by atoms with E-state index in [9.17, 15) is 0 Å². The number of hydrogen-bond donors (Lipinski definition) is 1. The zero-order chi connectivity index (χ0) is 11.5. The van der Waals surface area contributed by atoms with Gasteiger partial charge in [-0.1, -0.05) is 31.9 Å². The third-order valence-corrected chi connectivity index (χ3v) is 2.98. The minimum absolute atomic E-state index is 0.639. The second-order valence-corrected chi connectivity index (χ2v) is 4.27. The van der Waals surface area contributed by atoms with Crippen LogP contribution in [0.1, 0.15) is 31.7 Å². The molecule has 0 aliphatic carbocycles. The fourth-order valence-corrected chi connectivity index (χ4v) is 2.13. The summed E-state index contributed by atoms with van der Waals surface area (Å²) in [5.74, 6) is 0.639. The monoisotopic (exact) mass is 217 g/mol. The number of aromatic nitrogens is 2. The minimum Gasteiger partial charge on any atom is -0.369 e. The van der Waals surface area contributed by atoms with Gasteiger partial charge in [-0.25, -0.2) is 4.98 Å². The van der Waals surface area contributed by atoms with Crippen molar-refractivity contribution in [3.63, 3.8) is 0 Å². The van der Waals surface area contributed by atoms with E-state index < -0.39 is 0 Å². The SMILES string of the molecule is CCCCCn1c(N)nc2cccc(C)c21. The second-order valence-electron chi connectivity index (χ2n) is 4.27. The van der Waals surface area contributed by atoms with Crippen LogP contribution >= 0.6 is 0 Å². The number of imidazole rings is 1. The highest BCUT2D eigenvalue weighted by atomic mass is 15.1. The Balaban J connectivity index is 2.38. The molecule has 2 rings (SSSR count). The van der Waals surface area contributed by atoms with Crippen LogP contribution in [-0.2, 0) is 6.54 Å². The Kier molecular flexibility index (Phi) is 3.13. The van der Waals surface area contributed by atoms with Gasteiger partial charge in [0.2, 0.25) is 5.95 Å². The number of fused-ring (bicyclic) bond motifs is 1. The number of aryl methyl sites for hydroxylation is 2. The predicted octanol–water partition coefficient (Wildman–Crippen LogP) is 3.12. The van der Waals surface area contributed by atoms with E-state index in [4.69, 9.17) is 5.73 Å². The molecule has 2 N–H and O–H groups in total. The average Bonchev–Trinajstić information content (AvgIpc) is 2.57. The van der Waals surface area contributed by atoms with Crippen LogP contribution in [0.3, 0.4) is 0 Å². The van der Waals surface area contributed by atoms with E-state index in [1.54, 1.807) is 0 Å². The quantitative estimate of drug-likeness (QED) is 0.800. The van der Waals surface area contributed by atoms with Crippen molar-refractivity contribution in [1.82, 2.24) is 9.55 Å². The summed E-state index contributed by atoms with van der Waals surface area (Å²) in [5.41, 5.74) is 9.40. The number of nitrogen functional groups attached to an aromatic ring is 1. The Labute approximate surface area is 96.3 Å². The lowest BCUT2D eigenvalue weighted by atomic mass is 10.2. The summed E-state index contributed by atoms with van der Waals surface area (Å²) in [5, 5.41) is 0. The Hall–Kier alpha value is -1.51. The summed E-state index contributed by atoms with van der Waals surface area (Å²) in [6, 6.07) is 6.16. The molecule has 0 spiro atoms. The molecule has 3 heteroatoms. The molecule has 0 atom stereocenters. The first-order chi connectivity index (χ1) is 7.74. The van der Waals surface area contributed by atoms with Crippen molar-refractivity contribution >= 4 is 17.0 Å². The zero-order valence-corrected chi connectivity index (χ0v) is 10.0. The maximum atomic E-state index is 5.96. The van der Waals surface area contributed by atoms with Crippen molar-refractivity contribution in [1.29, 1.82) is 0 Å². The first-order valence-corrected chi connectivity index (χ1v) is 5.95. The number of anilines is 1. The molecule has 3 nitrogen and oxygen atoms in total. The van der Waals surface area contributed by atoms with Crippen LogP contribution in [0.4, 0.5) is 5.95 Å². The fraction of sp³-hybridized carbons (Fsp3) is 0.462. The molecule has 0 saturated heterocycles. The number of nitrogens with zero attached hydrogens (tertiary/aromatic N) is 2. The Bertz CT molecular complexity index is 485. The highest BCUT2D eigenvalue weighted by Crippen LogP contribution is 2.21. The van der Waals surface area contributed by atoms with Crippen LogP contribution in [0.2, 0.25) is 0 Å². The van der Waals surface area contributed by atoms with Gasteiger partial charge < -0.3 is 10.3 Å². The van der Waals surface area contributed by atoms with Crippen LogP contribution in [0.5, 0.6) is 0 Å². The van der Waals surface area contributed by atoms with E-state index in [1.807, 2.05) is 12.1 Å². The van der Waals surface area contributed by atoms with Crippen molar-refractivity contribution in [2.45, 2.75) is 39.7 Å². The summed E-state index contributed by atoms with van der Waals surface area (Å²) >= 11 is 0. The molecule has 1 aromatic heterocycles. The molecule has 1 heterocycles. The Morgan fingerprint density at radius 1 is 1.31 bits per heavy atom. The summed E-state index contributed by atoms with van der Waals surface area (Å²) < 4.78 is 2.14. The Morgan fingerprint density at radius 3 is 2.88 bits per heavy atom. The molecule has 0 radical (unpaired) electrons. The van der Waals surface area contributed by atoms with Crippen molar-refractivity contribution in [3.05, 3.63) is 23.8 Å². The molecule has 0 saturated carbocycles. The lowest BCUT2D eigenvalue weighted by Gasteiger charge is -2.07. The molecule has 0 bridgehead atoms. The fourth-order valence-electron chi connectivity index (χ4n) is 2.13. The zero-order valence-electron chi connectivity index (χ0n) is 10.0. The van der Waals surface area contributed by atoms with E-state index in [2.05, 4.69) is 29.5 Å². The number of hydrogen-bond acceptors (Lipinski definition) is 2. The maximum Gasteiger partial charge on any atom is 0.201 e. The van der Waals surface area contributed by atoms with Crippen LogP contribution in [0.25, 0.3) is 11.0 Å². The molecule has 0 fully saturated rings. The highest BCUT2D eigenvalue weighted by Gasteiger charge is 2.08. The molecule has 16 heavy (non-hydrogen) atoms. The summed E-state index contributed by atoms with van der Waals surface area (Å²) in [4.78, 5) is 4.39. The number of benzene rings is 1. The molecule has 86 valence electrons. The van der Waals surface area contributed by atoms with Crippen LogP contribution in [0.15, 0.2) is 18.2 Å². The van der Waals surface area contributed by atoms with Crippen molar-refractivity contribution in [2.24, 2.45) is 0 Å². The highest BCUT2D eigenvalue weighted by molar-refractivity contribution is 5.81. The van der Waals surface area contributed by atoms with Crippen molar-refractivity contribution < 1.29 is 0 Å². The van der Waals surface area contributed by atoms with Gasteiger partial charge >= 0.3 is 0 Å². The number of unbranched alkanes of at least 4 members (excludes halogenated alkanes) is 2. The second kappa shape index (κ2) is 4.56. The van der Waals surface area contributed by atoms with Crippen LogP contribution in [0, 0.1) is 6.92 Å². The van der Waals surface area contributed by atoms with Crippen molar-refractivity contribution in [3.8, 4) is 0 Å². The lowest BCUT2D eigenvalue weighted by Crippen LogP contribution is -2.04. The van der Waals surface area contributed by atoms with E-state index in [0.29, 0.717) is 5.95 Å². The molecule has 2 aromatic rings. The van der Waals surface area contributed by atoms with E-state index in [-0.39, 0.29) is 0 Å². The number of para-hydroxylation sites is 1. The van der Waals surface area contributed by atoms with Crippen LogP contribution in [-0.4, -0.2) is 9.55 Å². The molecule has 0 aliphatic rings. The van der Waals surface area contributed by atoms with Gasteiger partial charge in [0, 0.05) is 6.54 Å². The number of rotatable bonds is 4. The van der Waals surface area contributed by atoms with E-state index in [1.165, 1.54) is 30.3 Å². The summed E-state index contributed by atoms with van der Waals surface area (Å²) in [6.07, 6.45) is 3.64. The van der Waals surface area contributed by atoms with E-state index >= 15 is 0 Å². The van der Waals surface area contributed by atoms with Gasteiger partial charge in [0.05, 0.1) is 11.0 Å². The third-order valence-electron chi connectivity index (χ3n) is 2.98. The number of nitrogens with two attached hydrogens (primary N) is 1. The predicted molar refractivity (Wildman–Crippen MR) is 68.4 cm³/mol. The molecular weight excluding hydrogens is 198 g/mol. The first-order valence-electron chi connectivity index (χ1n) is 5.95. The van der Waals surface area contributed by atoms with Gasteiger partial charge in [0.15, 0.2) is 0 Å². The van der Waals surface area contributed by atoms with Gasteiger partial charge in [0.1, 0.15) is 0 Å². The minimum atomic E-state index is 0.639. The summed E-state index contributed by atoms with van der Waals surface area (Å²) in [7, 11) is 0. The summed E-state index contributed by atoms with van der Waals surface area (Å²) in [6.45, 7) is 5.29. The molecule has 0 amide bonds. The largest absolute Gasteiger partial charge is 0.369 e. The van der Waals surface area contributed by atoms with Gasteiger partial charge in [-0.15, -0.1) is 0 Å². The van der Waals surface area contributed by atoms with Crippen molar-refractivity contribution in [2.75, 3.05) is 5.73 Å². The van der Waals surface area contributed by atoms with Gasteiger partial charge in [-0.3, -0.25) is 0 Å². The van der Waals surface area contributed by atoms with Gasteiger partial charge in [-0.05, 0) is 25.0 Å². The normalized spacial score (nSPS) is 11.1. The average molecular weight is 217 g/mol. The molecule has 0 unspecified atom stereocenters. The Morgan fingerprint density at radius 2 is 2.12 bits per heavy atom.